The molecule has 0 saturated heterocycles. The minimum atomic E-state index is 0.169. The van der Waals surface area contributed by atoms with Gasteiger partial charge in [0.05, 0.1) is 16.8 Å². The van der Waals surface area contributed by atoms with E-state index >= 15 is 0 Å². The van der Waals surface area contributed by atoms with Crippen LogP contribution in [0.1, 0.15) is 43.5 Å². The van der Waals surface area contributed by atoms with Gasteiger partial charge < -0.3 is 5.32 Å². The van der Waals surface area contributed by atoms with Crippen molar-refractivity contribution in [3.8, 4) is 0 Å². The largest absolute Gasteiger partial charge is 0.349 e. The molecule has 1 heterocycles. The molecule has 4 nitrogen and oxygen atoms in total. The Morgan fingerprint density at radius 3 is 2.59 bits per heavy atom. The van der Waals surface area contributed by atoms with Gasteiger partial charge in [0.15, 0.2) is 0 Å². The number of halogens is 1. The fourth-order valence-electron chi connectivity index (χ4n) is 2.11. The predicted molar refractivity (Wildman–Crippen MR) is 69.4 cm³/mol. The van der Waals surface area contributed by atoms with Gasteiger partial charge in [0, 0.05) is 6.04 Å². The van der Waals surface area contributed by atoms with Crippen molar-refractivity contribution in [3.05, 3.63) is 11.4 Å². The third kappa shape index (κ3) is 3.28. The minimum Gasteiger partial charge on any atom is -0.349 e. The monoisotopic (exact) mass is 254 g/mol. The third-order valence-electron chi connectivity index (χ3n) is 3.34. The molecule has 1 N–H and O–H groups in total. The fourth-order valence-corrected chi connectivity index (χ4v) is 2.45. The second-order valence-corrected chi connectivity index (χ2v) is 5.27. The van der Waals surface area contributed by atoms with Gasteiger partial charge in [0.25, 0.3) is 0 Å². The normalized spacial score (nSPS) is 25.4. The van der Waals surface area contributed by atoms with Crippen molar-refractivity contribution in [2.45, 2.75) is 57.4 Å². The van der Waals surface area contributed by atoms with Crippen molar-refractivity contribution in [2.24, 2.45) is 0 Å². The number of aryl methyl sites for hydroxylation is 2. The van der Waals surface area contributed by atoms with E-state index in [0.717, 1.165) is 24.2 Å². The molecule has 1 aromatic rings. The molecule has 0 spiro atoms. The van der Waals surface area contributed by atoms with Crippen molar-refractivity contribution < 1.29 is 0 Å². The van der Waals surface area contributed by atoms with Gasteiger partial charge in [-0.3, -0.25) is 0 Å². The second-order valence-electron chi connectivity index (χ2n) is 4.71. The molecule has 0 radical (unpaired) electrons. The van der Waals surface area contributed by atoms with E-state index in [1.165, 1.54) is 19.3 Å². The first-order valence-electron chi connectivity index (χ1n) is 6.25. The molecule has 1 saturated carbocycles. The number of rotatable bonds is 2. The van der Waals surface area contributed by atoms with Gasteiger partial charge in [-0.25, -0.2) is 4.98 Å². The van der Waals surface area contributed by atoms with E-state index in [1.54, 1.807) is 0 Å². The summed E-state index contributed by atoms with van der Waals surface area (Å²) >= 11 is 6.37. The number of alkyl halides is 1. The van der Waals surface area contributed by atoms with E-state index in [9.17, 15) is 0 Å². The molecular formula is C12H19ClN4. The average Bonchev–Trinajstić information content (AvgIpc) is 2.50. The molecule has 0 amide bonds. The van der Waals surface area contributed by atoms with Crippen molar-refractivity contribution in [1.29, 1.82) is 0 Å². The smallest absolute Gasteiger partial charge is 0.243 e. The molecular weight excluding hydrogens is 236 g/mol. The van der Waals surface area contributed by atoms with E-state index in [1.807, 2.05) is 13.8 Å². The van der Waals surface area contributed by atoms with E-state index < -0.39 is 0 Å². The Morgan fingerprint density at radius 2 is 1.82 bits per heavy atom. The Bertz CT molecular complexity index is 383. The molecule has 17 heavy (non-hydrogen) atoms. The number of hydrogen-bond acceptors (Lipinski definition) is 4. The molecule has 1 aromatic heterocycles. The maximum Gasteiger partial charge on any atom is 0.243 e. The van der Waals surface area contributed by atoms with E-state index in [-0.39, 0.29) is 11.4 Å². The van der Waals surface area contributed by atoms with E-state index in [4.69, 9.17) is 11.6 Å². The SMILES string of the molecule is Cc1nnc(NC2CCCCCC2Cl)nc1C. The molecule has 2 atom stereocenters. The summed E-state index contributed by atoms with van der Waals surface area (Å²) in [6.07, 6.45) is 5.87. The Morgan fingerprint density at radius 1 is 1.06 bits per heavy atom. The van der Waals surface area contributed by atoms with Crippen molar-refractivity contribution in [3.63, 3.8) is 0 Å². The van der Waals surface area contributed by atoms with Crippen LogP contribution in [-0.4, -0.2) is 26.6 Å². The number of aromatic nitrogens is 3. The van der Waals surface area contributed by atoms with Crippen LogP contribution < -0.4 is 5.32 Å². The number of nitrogens with one attached hydrogen (secondary N) is 1. The molecule has 2 unspecified atom stereocenters. The standard InChI is InChI=1S/C12H19ClN4/c1-8-9(2)16-17-12(14-8)15-11-7-5-3-4-6-10(11)13/h10-11H,3-7H2,1-2H3,(H,14,15,17). The van der Waals surface area contributed by atoms with Gasteiger partial charge >= 0.3 is 0 Å². The number of nitrogens with zero attached hydrogens (tertiary/aromatic N) is 3. The summed E-state index contributed by atoms with van der Waals surface area (Å²) in [5, 5.41) is 11.6. The summed E-state index contributed by atoms with van der Waals surface area (Å²) in [5.74, 6) is 0.602. The summed E-state index contributed by atoms with van der Waals surface area (Å²) in [6.45, 7) is 3.86. The highest BCUT2D eigenvalue weighted by molar-refractivity contribution is 6.21. The molecule has 2 rings (SSSR count). The van der Waals surface area contributed by atoms with Gasteiger partial charge in [0.1, 0.15) is 0 Å². The zero-order valence-corrected chi connectivity index (χ0v) is 11.2. The first-order valence-corrected chi connectivity index (χ1v) is 6.69. The Labute approximate surface area is 107 Å². The number of hydrogen-bond donors (Lipinski definition) is 1. The van der Waals surface area contributed by atoms with Gasteiger partial charge in [0.2, 0.25) is 5.95 Å². The van der Waals surface area contributed by atoms with Crippen LogP contribution >= 0.6 is 11.6 Å². The molecule has 0 aliphatic heterocycles. The maximum absolute atomic E-state index is 6.37. The second kappa shape index (κ2) is 5.63. The lowest BCUT2D eigenvalue weighted by atomic mass is 10.1. The summed E-state index contributed by atoms with van der Waals surface area (Å²) in [6, 6.07) is 0.267. The molecule has 94 valence electrons. The highest BCUT2D eigenvalue weighted by atomic mass is 35.5. The zero-order valence-electron chi connectivity index (χ0n) is 10.4. The topological polar surface area (TPSA) is 50.7 Å². The van der Waals surface area contributed by atoms with Gasteiger partial charge in [-0.2, -0.15) is 5.10 Å². The van der Waals surface area contributed by atoms with Crippen LogP contribution in [0.25, 0.3) is 0 Å². The summed E-state index contributed by atoms with van der Waals surface area (Å²) < 4.78 is 0. The van der Waals surface area contributed by atoms with Crippen molar-refractivity contribution in [2.75, 3.05) is 5.32 Å². The molecule has 1 aliphatic carbocycles. The van der Waals surface area contributed by atoms with Crippen LogP contribution in [-0.2, 0) is 0 Å². The first-order chi connectivity index (χ1) is 8.16. The Kier molecular flexibility index (Phi) is 4.15. The summed E-state index contributed by atoms with van der Waals surface area (Å²) in [4.78, 5) is 4.39. The number of anilines is 1. The Balaban J connectivity index is 2.05. The lowest BCUT2D eigenvalue weighted by Gasteiger charge is -2.20. The summed E-state index contributed by atoms with van der Waals surface area (Å²) in [7, 11) is 0. The average molecular weight is 255 g/mol. The highest BCUT2D eigenvalue weighted by Crippen LogP contribution is 2.24. The summed E-state index contributed by atoms with van der Waals surface area (Å²) in [5.41, 5.74) is 1.79. The van der Waals surface area contributed by atoms with Crippen molar-refractivity contribution >= 4 is 17.5 Å². The van der Waals surface area contributed by atoms with Crippen LogP contribution in [0, 0.1) is 13.8 Å². The maximum atomic E-state index is 6.37. The minimum absolute atomic E-state index is 0.169. The molecule has 0 aromatic carbocycles. The van der Waals surface area contributed by atoms with Crippen LogP contribution in [0.3, 0.4) is 0 Å². The van der Waals surface area contributed by atoms with Gasteiger partial charge in [-0.1, -0.05) is 19.3 Å². The van der Waals surface area contributed by atoms with Crippen LogP contribution in [0.15, 0.2) is 0 Å². The zero-order chi connectivity index (χ0) is 12.3. The Hall–Kier alpha value is -0.900. The quantitative estimate of drug-likeness (QED) is 0.651. The van der Waals surface area contributed by atoms with Gasteiger partial charge in [-0.05, 0) is 26.7 Å². The van der Waals surface area contributed by atoms with Crippen LogP contribution in [0.4, 0.5) is 5.95 Å². The van der Waals surface area contributed by atoms with Crippen LogP contribution in [0.5, 0.6) is 0 Å². The molecule has 5 heteroatoms. The molecule has 1 aliphatic rings. The third-order valence-corrected chi connectivity index (χ3v) is 3.86. The van der Waals surface area contributed by atoms with E-state index in [2.05, 4.69) is 20.5 Å². The highest BCUT2D eigenvalue weighted by Gasteiger charge is 2.22. The van der Waals surface area contributed by atoms with Crippen LogP contribution in [0.2, 0.25) is 0 Å². The predicted octanol–water partition coefficient (Wildman–Crippen LogP) is 2.84. The fraction of sp³-hybridized carbons (Fsp3) is 0.750. The molecule has 1 fully saturated rings. The first kappa shape index (κ1) is 12.6. The van der Waals surface area contributed by atoms with Gasteiger partial charge in [-0.15, -0.1) is 16.7 Å². The van der Waals surface area contributed by atoms with Crippen molar-refractivity contribution in [1.82, 2.24) is 15.2 Å². The lowest BCUT2D eigenvalue weighted by Crippen LogP contribution is -2.30. The molecule has 0 bridgehead atoms. The lowest BCUT2D eigenvalue weighted by molar-refractivity contribution is 0.619. The van der Waals surface area contributed by atoms with E-state index in [0.29, 0.717) is 5.95 Å².